The summed E-state index contributed by atoms with van der Waals surface area (Å²) in [5.74, 6) is 0.00397. The zero-order chi connectivity index (χ0) is 14.5. The average Bonchev–Trinajstić information content (AvgIpc) is 2.89. The highest BCUT2D eigenvalue weighted by atomic mass is 16.5. The molecular weight excluding hydrogens is 256 g/mol. The third-order valence-electron chi connectivity index (χ3n) is 3.25. The van der Waals surface area contributed by atoms with E-state index in [1.54, 1.807) is 0 Å². The smallest absolute Gasteiger partial charge is 0.314 e. The molecule has 0 spiro atoms. The quantitative estimate of drug-likeness (QED) is 0.793. The summed E-state index contributed by atoms with van der Waals surface area (Å²) >= 11 is 0. The molecule has 3 N–H and O–H groups in total. The van der Waals surface area contributed by atoms with Gasteiger partial charge >= 0.3 is 5.97 Å². The molecule has 1 aromatic heterocycles. The molecule has 0 aliphatic heterocycles. The SMILES string of the molecule is CCCOc1ccc2[nH]cc(C(CN)C(=O)OC)c2c1. The van der Waals surface area contributed by atoms with Gasteiger partial charge in [-0.1, -0.05) is 6.92 Å². The fourth-order valence-corrected chi connectivity index (χ4v) is 2.21. The van der Waals surface area contributed by atoms with E-state index >= 15 is 0 Å². The minimum absolute atomic E-state index is 0.208. The van der Waals surface area contributed by atoms with Crippen molar-refractivity contribution in [2.45, 2.75) is 19.3 Å². The Labute approximate surface area is 118 Å². The van der Waals surface area contributed by atoms with Crippen LogP contribution in [0.3, 0.4) is 0 Å². The Morgan fingerprint density at radius 1 is 1.45 bits per heavy atom. The van der Waals surface area contributed by atoms with Gasteiger partial charge in [-0.2, -0.15) is 0 Å². The number of methoxy groups -OCH3 is 1. The highest BCUT2D eigenvalue weighted by Gasteiger charge is 2.23. The van der Waals surface area contributed by atoms with E-state index in [-0.39, 0.29) is 12.5 Å². The fraction of sp³-hybridized carbons (Fsp3) is 0.400. The molecule has 2 rings (SSSR count). The van der Waals surface area contributed by atoms with E-state index in [9.17, 15) is 4.79 Å². The number of fused-ring (bicyclic) bond motifs is 1. The van der Waals surface area contributed by atoms with Crippen molar-refractivity contribution in [1.82, 2.24) is 4.98 Å². The summed E-state index contributed by atoms with van der Waals surface area (Å²) < 4.78 is 10.4. The summed E-state index contributed by atoms with van der Waals surface area (Å²) in [6.45, 7) is 2.93. The van der Waals surface area contributed by atoms with Gasteiger partial charge in [-0.05, 0) is 30.2 Å². The van der Waals surface area contributed by atoms with Crippen molar-refractivity contribution >= 4 is 16.9 Å². The second-order valence-electron chi connectivity index (χ2n) is 4.61. The maximum atomic E-state index is 11.8. The van der Waals surface area contributed by atoms with Gasteiger partial charge in [0.25, 0.3) is 0 Å². The molecule has 0 aliphatic rings. The van der Waals surface area contributed by atoms with Gasteiger partial charge in [0, 0.05) is 23.6 Å². The average molecular weight is 276 g/mol. The van der Waals surface area contributed by atoms with E-state index < -0.39 is 5.92 Å². The highest BCUT2D eigenvalue weighted by molar-refractivity contribution is 5.90. The summed E-state index contributed by atoms with van der Waals surface area (Å²) in [5, 5.41) is 0.944. The van der Waals surface area contributed by atoms with Crippen molar-refractivity contribution in [2.75, 3.05) is 20.3 Å². The second-order valence-corrected chi connectivity index (χ2v) is 4.61. The topological polar surface area (TPSA) is 77.3 Å². The Morgan fingerprint density at radius 3 is 2.90 bits per heavy atom. The monoisotopic (exact) mass is 276 g/mol. The maximum Gasteiger partial charge on any atom is 0.314 e. The first-order valence-electron chi connectivity index (χ1n) is 6.73. The molecule has 5 heteroatoms. The van der Waals surface area contributed by atoms with Gasteiger partial charge in [0.1, 0.15) is 5.75 Å². The Hall–Kier alpha value is -2.01. The van der Waals surface area contributed by atoms with Crippen LogP contribution in [0.15, 0.2) is 24.4 Å². The zero-order valence-electron chi connectivity index (χ0n) is 11.8. The van der Waals surface area contributed by atoms with Crippen molar-refractivity contribution in [3.05, 3.63) is 30.0 Å². The molecule has 108 valence electrons. The molecule has 1 unspecified atom stereocenters. The molecule has 5 nitrogen and oxygen atoms in total. The Morgan fingerprint density at radius 2 is 2.25 bits per heavy atom. The number of carbonyl (C=O) groups excluding carboxylic acids is 1. The van der Waals surface area contributed by atoms with Crippen LogP contribution in [0.1, 0.15) is 24.8 Å². The van der Waals surface area contributed by atoms with Gasteiger partial charge in [0.15, 0.2) is 0 Å². The molecule has 1 heterocycles. The lowest BCUT2D eigenvalue weighted by Crippen LogP contribution is -2.22. The lowest BCUT2D eigenvalue weighted by Gasteiger charge is -2.12. The van der Waals surface area contributed by atoms with Gasteiger partial charge in [0.2, 0.25) is 0 Å². The molecule has 0 radical (unpaired) electrons. The minimum atomic E-state index is -0.463. The van der Waals surface area contributed by atoms with E-state index in [0.29, 0.717) is 6.61 Å². The molecule has 0 amide bonds. The molecule has 0 fully saturated rings. The molecule has 0 aliphatic carbocycles. The van der Waals surface area contributed by atoms with E-state index in [4.69, 9.17) is 15.2 Å². The third-order valence-corrected chi connectivity index (χ3v) is 3.25. The normalized spacial score (nSPS) is 12.3. The molecule has 0 saturated carbocycles. The fourth-order valence-electron chi connectivity index (χ4n) is 2.21. The number of hydrogen-bond donors (Lipinski definition) is 2. The zero-order valence-corrected chi connectivity index (χ0v) is 11.8. The van der Waals surface area contributed by atoms with Crippen molar-refractivity contribution in [3.63, 3.8) is 0 Å². The lowest BCUT2D eigenvalue weighted by atomic mass is 9.98. The van der Waals surface area contributed by atoms with E-state index in [0.717, 1.165) is 28.6 Å². The predicted molar refractivity (Wildman–Crippen MR) is 77.9 cm³/mol. The van der Waals surface area contributed by atoms with E-state index in [1.807, 2.05) is 24.4 Å². The molecule has 0 saturated heterocycles. The summed E-state index contributed by atoms with van der Waals surface area (Å²) in [6, 6.07) is 5.78. The third kappa shape index (κ3) is 2.77. The summed E-state index contributed by atoms with van der Waals surface area (Å²) in [6.07, 6.45) is 2.76. The lowest BCUT2D eigenvalue weighted by molar-refractivity contribution is -0.142. The Kier molecular flexibility index (Phi) is 4.63. The van der Waals surface area contributed by atoms with Gasteiger partial charge in [0.05, 0.1) is 19.6 Å². The number of ether oxygens (including phenoxy) is 2. The van der Waals surface area contributed by atoms with E-state index in [1.165, 1.54) is 7.11 Å². The van der Waals surface area contributed by atoms with Crippen LogP contribution in [0, 0.1) is 0 Å². The number of esters is 1. The molecule has 20 heavy (non-hydrogen) atoms. The number of H-pyrrole nitrogens is 1. The van der Waals surface area contributed by atoms with Crippen LogP contribution in [0.5, 0.6) is 5.75 Å². The molecular formula is C15H20N2O3. The van der Waals surface area contributed by atoms with Gasteiger partial charge in [-0.25, -0.2) is 0 Å². The molecule has 1 aromatic carbocycles. The van der Waals surface area contributed by atoms with Crippen molar-refractivity contribution in [1.29, 1.82) is 0 Å². The Balaban J connectivity index is 2.40. The van der Waals surface area contributed by atoms with Crippen LogP contribution in [0.4, 0.5) is 0 Å². The number of benzene rings is 1. The molecule has 0 bridgehead atoms. The standard InChI is InChI=1S/C15H20N2O3/c1-3-6-20-10-4-5-14-11(7-10)13(9-17-14)12(8-16)15(18)19-2/h4-5,7,9,12,17H,3,6,8,16H2,1-2H3. The van der Waals surface area contributed by atoms with Crippen LogP contribution in [-0.2, 0) is 9.53 Å². The first-order chi connectivity index (χ1) is 9.71. The maximum absolute atomic E-state index is 11.8. The number of rotatable bonds is 6. The number of nitrogens with two attached hydrogens (primary N) is 1. The summed E-state index contributed by atoms with van der Waals surface area (Å²) in [4.78, 5) is 14.9. The minimum Gasteiger partial charge on any atom is -0.494 e. The highest BCUT2D eigenvalue weighted by Crippen LogP contribution is 2.29. The van der Waals surface area contributed by atoms with E-state index in [2.05, 4.69) is 11.9 Å². The van der Waals surface area contributed by atoms with Crippen LogP contribution < -0.4 is 10.5 Å². The van der Waals surface area contributed by atoms with Crippen LogP contribution >= 0.6 is 0 Å². The van der Waals surface area contributed by atoms with Gasteiger partial charge in [-0.15, -0.1) is 0 Å². The number of aromatic nitrogens is 1. The van der Waals surface area contributed by atoms with Crippen molar-refractivity contribution < 1.29 is 14.3 Å². The number of aromatic amines is 1. The first-order valence-corrected chi connectivity index (χ1v) is 6.73. The molecule has 1 atom stereocenters. The first kappa shape index (κ1) is 14.4. The number of nitrogens with one attached hydrogen (secondary N) is 1. The van der Waals surface area contributed by atoms with Crippen molar-refractivity contribution in [3.8, 4) is 5.75 Å². The number of carbonyl (C=O) groups is 1. The Bertz CT molecular complexity index is 592. The summed E-state index contributed by atoms with van der Waals surface area (Å²) in [5.41, 5.74) is 7.50. The van der Waals surface area contributed by atoms with Crippen LogP contribution in [0.25, 0.3) is 10.9 Å². The summed E-state index contributed by atoms with van der Waals surface area (Å²) in [7, 11) is 1.37. The van der Waals surface area contributed by atoms with Crippen LogP contribution in [-0.4, -0.2) is 31.2 Å². The van der Waals surface area contributed by atoms with Gasteiger partial charge in [-0.3, -0.25) is 4.79 Å². The molecule has 2 aromatic rings. The largest absolute Gasteiger partial charge is 0.494 e. The van der Waals surface area contributed by atoms with Crippen molar-refractivity contribution in [2.24, 2.45) is 5.73 Å². The second kappa shape index (κ2) is 6.43. The number of hydrogen-bond acceptors (Lipinski definition) is 4. The van der Waals surface area contributed by atoms with Gasteiger partial charge < -0.3 is 20.2 Å². The predicted octanol–water partition coefficient (Wildman–Crippen LogP) is 2.17. The van der Waals surface area contributed by atoms with Crippen LogP contribution in [0.2, 0.25) is 0 Å².